The largest absolute Gasteiger partial charge is 0.340 e. The Balaban J connectivity index is 2.01. The first-order valence-electron chi connectivity index (χ1n) is 6.09. The third-order valence-electron chi connectivity index (χ3n) is 3.11. The lowest BCUT2D eigenvalue weighted by atomic mass is 10.3. The molecule has 1 amide bonds. The van der Waals surface area contributed by atoms with Crippen molar-refractivity contribution < 1.29 is 4.79 Å². The van der Waals surface area contributed by atoms with Crippen LogP contribution in [0.5, 0.6) is 0 Å². The van der Waals surface area contributed by atoms with Crippen molar-refractivity contribution in [2.45, 2.75) is 26.8 Å². The lowest BCUT2D eigenvalue weighted by Crippen LogP contribution is -2.47. The summed E-state index contributed by atoms with van der Waals surface area (Å²) in [7, 11) is 0. The van der Waals surface area contributed by atoms with Gasteiger partial charge in [0, 0.05) is 32.7 Å². The summed E-state index contributed by atoms with van der Waals surface area (Å²) >= 11 is 0. The van der Waals surface area contributed by atoms with Crippen LogP contribution in [0.25, 0.3) is 0 Å². The van der Waals surface area contributed by atoms with Crippen LogP contribution >= 0.6 is 0 Å². The molecule has 0 saturated carbocycles. The minimum atomic E-state index is 0.147. The molecular weight excluding hydrogens is 218 g/mol. The number of rotatable bonds is 3. The van der Waals surface area contributed by atoms with Crippen LogP contribution in [0.2, 0.25) is 0 Å². The van der Waals surface area contributed by atoms with Gasteiger partial charge >= 0.3 is 0 Å². The summed E-state index contributed by atoms with van der Waals surface area (Å²) in [6.45, 7) is 8.10. The fourth-order valence-corrected chi connectivity index (χ4v) is 2.13. The molecule has 6 nitrogen and oxygen atoms in total. The van der Waals surface area contributed by atoms with Crippen molar-refractivity contribution in [1.29, 1.82) is 0 Å². The van der Waals surface area contributed by atoms with Gasteiger partial charge in [0.15, 0.2) is 0 Å². The van der Waals surface area contributed by atoms with Crippen molar-refractivity contribution >= 4 is 5.91 Å². The monoisotopic (exact) mass is 237 g/mol. The van der Waals surface area contributed by atoms with Gasteiger partial charge < -0.3 is 14.8 Å². The molecule has 1 N–H and O–H groups in total. The van der Waals surface area contributed by atoms with Gasteiger partial charge in [-0.3, -0.25) is 4.79 Å². The van der Waals surface area contributed by atoms with E-state index in [1.54, 1.807) is 0 Å². The normalized spacial score (nSPS) is 16.2. The Bertz CT molecular complexity index is 395. The number of hydrogen-bond donors (Lipinski definition) is 1. The molecule has 1 aromatic rings. The molecule has 1 saturated heterocycles. The molecule has 0 bridgehead atoms. The predicted octanol–water partition coefficient (Wildman–Crippen LogP) is -0.419. The predicted molar refractivity (Wildman–Crippen MR) is 63.6 cm³/mol. The van der Waals surface area contributed by atoms with E-state index < -0.39 is 0 Å². The molecule has 0 aliphatic carbocycles. The first kappa shape index (κ1) is 12.0. The molecule has 1 aliphatic heterocycles. The van der Waals surface area contributed by atoms with E-state index in [1.165, 1.54) is 0 Å². The Kier molecular flexibility index (Phi) is 3.73. The zero-order valence-corrected chi connectivity index (χ0v) is 10.4. The first-order chi connectivity index (χ1) is 8.22. The zero-order chi connectivity index (χ0) is 12.3. The van der Waals surface area contributed by atoms with Crippen LogP contribution < -0.4 is 5.32 Å². The minimum Gasteiger partial charge on any atom is -0.340 e. The molecule has 0 unspecified atom stereocenters. The van der Waals surface area contributed by atoms with Crippen molar-refractivity contribution in [2.75, 3.05) is 26.2 Å². The summed E-state index contributed by atoms with van der Waals surface area (Å²) in [5.74, 6) is 1.79. The molecule has 0 atom stereocenters. The molecule has 2 rings (SSSR count). The highest BCUT2D eigenvalue weighted by Crippen LogP contribution is 2.04. The standard InChI is InChI=1S/C11H19N5O/c1-3-16-9(2)13-14-10(16)8-11(17)15-6-4-12-5-7-15/h12H,3-8H2,1-2H3. The summed E-state index contributed by atoms with van der Waals surface area (Å²) in [6, 6.07) is 0. The Labute approximate surface area is 101 Å². The van der Waals surface area contributed by atoms with E-state index in [4.69, 9.17) is 0 Å². The van der Waals surface area contributed by atoms with E-state index in [9.17, 15) is 4.79 Å². The highest BCUT2D eigenvalue weighted by Gasteiger charge is 2.19. The van der Waals surface area contributed by atoms with Gasteiger partial charge in [-0.1, -0.05) is 0 Å². The highest BCUT2D eigenvalue weighted by molar-refractivity contribution is 5.78. The summed E-state index contributed by atoms with van der Waals surface area (Å²) in [6.07, 6.45) is 0.356. The average Bonchev–Trinajstić information content (AvgIpc) is 2.71. The number of aromatic nitrogens is 3. The van der Waals surface area contributed by atoms with Gasteiger partial charge in [0.2, 0.25) is 5.91 Å². The van der Waals surface area contributed by atoms with Gasteiger partial charge in [-0.05, 0) is 13.8 Å². The van der Waals surface area contributed by atoms with Crippen molar-refractivity contribution in [1.82, 2.24) is 25.0 Å². The maximum absolute atomic E-state index is 12.1. The molecule has 94 valence electrons. The highest BCUT2D eigenvalue weighted by atomic mass is 16.2. The quantitative estimate of drug-likeness (QED) is 0.775. The van der Waals surface area contributed by atoms with Gasteiger partial charge in [0.05, 0.1) is 6.42 Å². The van der Waals surface area contributed by atoms with Crippen molar-refractivity contribution in [3.8, 4) is 0 Å². The van der Waals surface area contributed by atoms with Crippen LogP contribution in [-0.2, 0) is 17.8 Å². The topological polar surface area (TPSA) is 63.1 Å². The van der Waals surface area contributed by atoms with Gasteiger partial charge in [-0.25, -0.2) is 0 Å². The van der Waals surface area contributed by atoms with Gasteiger partial charge in [0.25, 0.3) is 0 Å². The molecule has 0 radical (unpaired) electrons. The van der Waals surface area contributed by atoms with E-state index >= 15 is 0 Å². The Morgan fingerprint density at radius 2 is 2.06 bits per heavy atom. The van der Waals surface area contributed by atoms with Crippen molar-refractivity contribution in [2.24, 2.45) is 0 Å². The van der Waals surface area contributed by atoms with E-state index in [-0.39, 0.29) is 5.91 Å². The number of hydrogen-bond acceptors (Lipinski definition) is 4. The lowest BCUT2D eigenvalue weighted by Gasteiger charge is -2.27. The molecule has 1 aromatic heterocycles. The molecule has 6 heteroatoms. The van der Waals surface area contributed by atoms with Crippen LogP contribution in [0.4, 0.5) is 0 Å². The number of piperazine rings is 1. The summed E-state index contributed by atoms with van der Waals surface area (Å²) < 4.78 is 1.99. The maximum Gasteiger partial charge on any atom is 0.230 e. The maximum atomic E-state index is 12.1. The van der Waals surface area contributed by atoms with E-state index in [0.717, 1.165) is 44.4 Å². The fraction of sp³-hybridized carbons (Fsp3) is 0.727. The molecule has 17 heavy (non-hydrogen) atoms. The van der Waals surface area contributed by atoms with Crippen LogP contribution in [0, 0.1) is 6.92 Å². The number of amides is 1. The summed E-state index contributed by atoms with van der Waals surface area (Å²) in [4.78, 5) is 14.0. The molecule has 1 fully saturated rings. The van der Waals surface area contributed by atoms with Gasteiger partial charge in [-0.15, -0.1) is 10.2 Å². The van der Waals surface area contributed by atoms with Crippen LogP contribution in [0.1, 0.15) is 18.6 Å². The van der Waals surface area contributed by atoms with Gasteiger partial charge in [-0.2, -0.15) is 0 Å². The zero-order valence-electron chi connectivity index (χ0n) is 10.4. The second kappa shape index (κ2) is 5.27. The van der Waals surface area contributed by atoms with Gasteiger partial charge in [0.1, 0.15) is 11.6 Å². The molecule has 0 spiro atoms. The molecule has 2 heterocycles. The second-order valence-electron chi connectivity index (χ2n) is 4.22. The second-order valence-corrected chi connectivity index (χ2v) is 4.22. The average molecular weight is 237 g/mol. The molecule has 1 aliphatic rings. The van der Waals surface area contributed by atoms with Crippen molar-refractivity contribution in [3.63, 3.8) is 0 Å². The van der Waals surface area contributed by atoms with E-state index in [0.29, 0.717) is 6.42 Å². The third-order valence-corrected chi connectivity index (χ3v) is 3.11. The van der Waals surface area contributed by atoms with Crippen LogP contribution in [0.3, 0.4) is 0 Å². The number of carbonyl (C=O) groups excluding carboxylic acids is 1. The Morgan fingerprint density at radius 3 is 2.71 bits per heavy atom. The first-order valence-corrected chi connectivity index (χ1v) is 6.09. The number of aryl methyl sites for hydroxylation is 1. The smallest absolute Gasteiger partial charge is 0.230 e. The van der Waals surface area contributed by atoms with E-state index in [2.05, 4.69) is 15.5 Å². The number of nitrogens with one attached hydrogen (secondary N) is 1. The molecular formula is C11H19N5O. The number of nitrogens with zero attached hydrogens (tertiary/aromatic N) is 4. The lowest BCUT2D eigenvalue weighted by molar-refractivity contribution is -0.131. The summed E-state index contributed by atoms with van der Waals surface area (Å²) in [5, 5.41) is 11.3. The van der Waals surface area contributed by atoms with Crippen molar-refractivity contribution in [3.05, 3.63) is 11.6 Å². The number of carbonyl (C=O) groups is 1. The Morgan fingerprint density at radius 1 is 1.35 bits per heavy atom. The van der Waals surface area contributed by atoms with E-state index in [1.807, 2.05) is 23.3 Å². The third kappa shape index (κ3) is 2.63. The van der Waals surface area contributed by atoms with Crippen LogP contribution in [0.15, 0.2) is 0 Å². The Hall–Kier alpha value is -1.43. The SMILES string of the molecule is CCn1c(C)nnc1CC(=O)N1CCNCC1. The minimum absolute atomic E-state index is 0.147. The summed E-state index contributed by atoms with van der Waals surface area (Å²) in [5.41, 5.74) is 0. The van der Waals surface area contributed by atoms with Crippen LogP contribution in [-0.4, -0.2) is 51.8 Å². The molecule has 0 aromatic carbocycles. The fourth-order valence-electron chi connectivity index (χ4n) is 2.13.